The van der Waals surface area contributed by atoms with E-state index in [4.69, 9.17) is 21.0 Å². The van der Waals surface area contributed by atoms with Gasteiger partial charge in [-0.1, -0.05) is 40.1 Å². The van der Waals surface area contributed by atoms with Crippen LogP contribution in [0.2, 0.25) is 5.02 Å². The largest absolute Gasteiger partial charge is 0.371 e. The number of oxime groups is 1. The van der Waals surface area contributed by atoms with Crippen LogP contribution in [0.3, 0.4) is 0 Å². The SMILES string of the molecule is C/C(=N\OC(=O)c1c(-c2ccccc2Cl)noc1C)c1nccs1. The highest BCUT2D eigenvalue weighted by atomic mass is 35.5. The van der Waals surface area contributed by atoms with Gasteiger partial charge in [0.1, 0.15) is 27.7 Å². The summed E-state index contributed by atoms with van der Waals surface area (Å²) in [5.41, 5.74) is 1.61. The van der Waals surface area contributed by atoms with Crippen molar-refractivity contribution in [1.29, 1.82) is 0 Å². The molecule has 0 aliphatic carbocycles. The van der Waals surface area contributed by atoms with Crippen LogP contribution in [-0.2, 0) is 4.84 Å². The minimum absolute atomic E-state index is 0.193. The van der Waals surface area contributed by atoms with Crippen molar-refractivity contribution in [1.82, 2.24) is 10.1 Å². The molecule has 0 amide bonds. The highest BCUT2D eigenvalue weighted by Gasteiger charge is 2.24. The van der Waals surface area contributed by atoms with E-state index in [1.807, 2.05) is 5.38 Å². The van der Waals surface area contributed by atoms with Crippen LogP contribution in [0.4, 0.5) is 0 Å². The summed E-state index contributed by atoms with van der Waals surface area (Å²) in [7, 11) is 0. The fourth-order valence-electron chi connectivity index (χ4n) is 2.05. The van der Waals surface area contributed by atoms with Gasteiger partial charge in [0.15, 0.2) is 0 Å². The average Bonchev–Trinajstić information content (AvgIpc) is 3.22. The third kappa shape index (κ3) is 3.22. The van der Waals surface area contributed by atoms with E-state index in [1.165, 1.54) is 11.3 Å². The Kier molecular flexibility index (Phi) is 4.73. The van der Waals surface area contributed by atoms with Gasteiger partial charge in [0.25, 0.3) is 0 Å². The molecular weight excluding hydrogens is 350 g/mol. The zero-order chi connectivity index (χ0) is 17.1. The number of aromatic nitrogens is 2. The van der Waals surface area contributed by atoms with Gasteiger partial charge in [-0.25, -0.2) is 9.78 Å². The van der Waals surface area contributed by atoms with Gasteiger partial charge in [0.05, 0.1) is 5.02 Å². The number of aryl methyl sites for hydroxylation is 1. The lowest BCUT2D eigenvalue weighted by atomic mass is 10.1. The monoisotopic (exact) mass is 361 g/mol. The molecule has 2 aromatic heterocycles. The van der Waals surface area contributed by atoms with E-state index in [0.29, 0.717) is 32.8 Å². The van der Waals surface area contributed by atoms with Crippen LogP contribution >= 0.6 is 22.9 Å². The van der Waals surface area contributed by atoms with Crippen molar-refractivity contribution in [2.45, 2.75) is 13.8 Å². The van der Waals surface area contributed by atoms with E-state index in [0.717, 1.165) is 0 Å². The number of hydrogen-bond donors (Lipinski definition) is 0. The van der Waals surface area contributed by atoms with Gasteiger partial charge in [0.2, 0.25) is 0 Å². The summed E-state index contributed by atoms with van der Waals surface area (Å²) in [6.45, 7) is 3.34. The zero-order valence-electron chi connectivity index (χ0n) is 12.8. The van der Waals surface area contributed by atoms with Crippen LogP contribution < -0.4 is 0 Å². The smallest absolute Gasteiger partial charge is 0.360 e. The first-order valence-electron chi connectivity index (χ1n) is 6.95. The lowest BCUT2D eigenvalue weighted by Crippen LogP contribution is -2.06. The van der Waals surface area contributed by atoms with Crippen molar-refractivity contribution in [2.24, 2.45) is 5.16 Å². The van der Waals surface area contributed by atoms with Crippen molar-refractivity contribution >= 4 is 34.6 Å². The third-order valence-corrected chi connectivity index (χ3v) is 4.41. The Morgan fingerprint density at radius 2 is 2.17 bits per heavy atom. The van der Waals surface area contributed by atoms with Crippen LogP contribution in [0.5, 0.6) is 0 Å². The van der Waals surface area contributed by atoms with Crippen LogP contribution in [0, 0.1) is 6.92 Å². The molecule has 0 aliphatic rings. The van der Waals surface area contributed by atoms with E-state index in [-0.39, 0.29) is 5.56 Å². The van der Waals surface area contributed by atoms with Gasteiger partial charge in [-0.15, -0.1) is 11.3 Å². The van der Waals surface area contributed by atoms with Gasteiger partial charge in [0, 0.05) is 17.1 Å². The fourth-order valence-corrected chi connectivity index (χ4v) is 2.85. The molecule has 2 heterocycles. The fraction of sp³-hybridized carbons (Fsp3) is 0.125. The highest BCUT2D eigenvalue weighted by Crippen LogP contribution is 2.31. The summed E-state index contributed by atoms with van der Waals surface area (Å²) >= 11 is 7.58. The molecular formula is C16H12ClN3O3S. The Balaban J connectivity index is 1.90. The number of carbonyl (C=O) groups excluding carboxylic acids is 1. The first kappa shape index (κ1) is 16.4. The molecule has 0 spiro atoms. The number of carbonyl (C=O) groups is 1. The molecule has 0 radical (unpaired) electrons. The summed E-state index contributed by atoms with van der Waals surface area (Å²) < 4.78 is 5.14. The molecule has 0 bridgehead atoms. The van der Waals surface area contributed by atoms with Crippen molar-refractivity contribution < 1.29 is 14.2 Å². The second kappa shape index (κ2) is 6.94. The van der Waals surface area contributed by atoms with Gasteiger partial charge >= 0.3 is 5.97 Å². The summed E-state index contributed by atoms with van der Waals surface area (Å²) in [4.78, 5) is 21.5. The van der Waals surface area contributed by atoms with Crippen LogP contribution in [0.1, 0.15) is 28.0 Å². The Bertz CT molecular complexity index is 903. The quantitative estimate of drug-likeness (QED) is 0.392. The lowest BCUT2D eigenvalue weighted by molar-refractivity contribution is 0.0515. The van der Waals surface area contributed by atoms with Crippen LogP contribution in [0.25, 0.3) is 11.3 Å². The van der Waals surface area contributed by atoms with E-state index < -0.39 is 5.97 Å². The Labute approximate surface area is 146 Å². The normalized spacial score (nSPS) is 11.5. The standard InChI is InChI=1S/C16H12ClN3O3S/c1-9(15-18-7-8-24-15)19-23-16(21)13-10(2)22-20-14(13)11-5-3-4-6-12(11)17/h3-8H,1-2H3/b19-9+. The molecule has 8 heteroatoms. The van der Waals surface area contributed by atoms with E-state index in [9.17, 15) is 4.79 Å². The number of benzene rings is 1. The average molecular weight is 362 g/mol. The Morgan fingerprint density at radius 3 is 2.88 bits per heavy atom. The molecule has 0 N–H and O–H groups in total. The predicted octanol–water partition coefficient (Wildman–Crippen LogP) is 4.34. The number of thiazole rings is 1. The molecule has 24 heavy (non-hydrogen) atoms. The third-order valence-electron chi connectivity index (χ3n) is 3.20. The van der Waals surface area contributed by atoms with E-state index in [2.05, 4.69) is 15.3 Å². The second-order valence-electron chi connectivity index (χ2n) is 4.83. The minimum atomic E-state index is -0.667. The van der Waals surface area contributed by atoms with Gasteiger partial charge in [-0.2, -0.15) is 0 Å². The molecule has 0 saturated heterocycles. The van der Waals surface area contributed by atoms with Crippen LogP contribution in [-0.4, -0.2) is 21.8 Å². The maximum atomic E-state index is 12.4. The van der Waals surface area contributed by atoms with Gasteiger partial charge < -0.3 is 9.36 Å². The molecule has 122 valence electrons. The number of rotatable bonds is 4. The zero-order valence-corrected chi connectivity index (χ0v) is 14.4. The van der Waals surface area contributed by atoms with Gasteiger partial charge in [-0.3, -0.25) is 0 Å². The predicted molar refractivity (Wildman–Crippen MR) is 91.4 cm³/mol. The van der Waals surface area contributed by atoms with Gasteiger partial charge in [-0.05, 0) is 19.9 Å². The minimum Gasteiger partial charge on any atom is -0.360 e. The molecule has 3 rings (SSSR count). The maximum absolute atomic E-state index is 12.4. The van der Waals surface area contributed by atoms with Crippen molar-refractivity contribution in [3.63, 3.8) is 0 Å². The number of halogens is 1. The summed E-state index contributed by atoms with van der Waals surface area (Å²) in [5, 5.41) is 10.7. The highest BCUT2D eigenvalue weighted by molar-refractivity contribution is 7.11. The summed E-state index contributed by atoms with van der Waals surface area (Å²) in [6, 6.07) is 7.05. The molecule has 6 nitrogen and oxygen atoms in total. The first-order chi connectivity index (χ1) is 11.6. The maximum Gasteiger partial charge on any atom is 0.371 e. The lowest BCUT2D eigenvalue weighted by Gasteiger charge is -2.03. The topological polar surface area (TPSA) is 77.6 Å². The number of nitrogens with zero attached hydrogens (tertiary/aromatic N) is 3. The summed E-state index contributed by atoms with van der Waals surface area (Å²) in [5.74, 6) is -0.336. The van der Waals surface area contributed by atoms with E-state index in [1.54, 1.807) is 44.3 Å². The molecule has 0 unspecified atom stereocenters. The molecule has 0 saturated carbocycles. The molecule has 3 aromatic rings. The molecule has 0 fully saturated rings. The first-order valence-corrected chi connectivity index (χ1v) is 8.20. The summed E-state index contributed by atoms with van der Waals surface area (Å²) in [6.07, 6.45) is 1.65. The van der Waals surface area contributed by atoms with E-state index >= 15 is 0 Å². The van der Waals surface area contributed by atoms with Crippen molar-refractivity contribution in [3.05, 3.63) is 57.2 Å². The van der Waals surface area contributed by atoms with Crippen molar-refractivity contribution in [2.75, 3.05) is 0 Å². The molecule has 0 atom stereocenters. The Morgan fingerprint density at radius 1 is 1.38 bits per heavy atom. The Hall–Kier alpha value is -2.51. The second-order valence-corrected chi connectivity index (χ2v) is 6.14. The van der Waals surface area contributed by atoms with Crippen LogP contribution in [0.15, 0.2) is 45.5 Å². The van der Waals surface area contributed by atoms with Crippen molar-refractivity contribution in [3.8, 4) is 11.3 Å². The number of hydrogen-bond acceptors (Lipinski definition) is 7. The molecule has 0 aliphatic heterocycles. The molecule has 1 aromatic carbocycles.